The minimum Gasteiger partial charge on any atom is -0.348 e. The van der Waals surface area contributed by atoms with Crippen LogP contribution in [0.3, 0.4) is 0 Å². The molecule has 1 aromatic heterocycles. The highest BCUT2D eigenvalue weighted by Gasteiger charge is 2.25. The van der Waals surface area contributed by atoms with E-state index in [1.165, 1.54) is 12.1 Å². The molecule has 0 radical (unpaired) electrons. The van der Waals surface area contributed by atoms with Gasteiger partial charge in [-0.15, -0.1) is 0 Å². The first kappa shape index (κ1) is 18.5. The van der Waals surface area contributed by atoms with E-state index in [9.17, 15) is 14.0 Å². The Bertz CT molecular complexity index is 871. The SMILES string of the molecule is O=C(Nc1cn(-c2cccc(F)c2)cc1C(=O)N[C@H]1CCCNC1)NC1CC1. The van der Waals surface area contributed by atoms with Gasteiger partial charge in [0.2, 0.25) is 0 Å². The number of benzene rings is 1. The zero-order valence-corrected chi connectivity index (χ0v) is 15.5. The first-order valence-corrected chi connectivity index (χ1v) is 9.65. The molecule has 2 heterocycles. The first-order chi connectivity index (χ1) is 13.6. The summed E-state index contributed by atoms with van der Waals surface area (Å²) < 4.78 is 15.3. The van der Waals surface area contributed by atoms with Gasteiger partial charge in [0.15, 0.2) is 0 Å². The van der Waals surface area contributed by atoms with Gasteiger partial charge in [-0.3, -0.25) is 4.79 Å². The van der Waals surface area contributed by atoms with E-state index < -0.39 is 0 Å². The number of aromatic nitrogens is 1. The number of piperidine rings is 1. The summed E-state index contributed by atoms with van der Waals surface area (Å²) in [5.41, 5.74) is 1.31. The first-order valence-electron chi connectivity index (χ1n) is 9.65. The van der Waals surface area contributed by atoms with E-state index in [0.29, 0.717) is 16.9 Å². The fourth-order valence-electron chi connectivity index (χ4n) is 3.33. The van der Waals surface area contributed by atoms with Gasteiger partial charge in [-0.25, -0.2) is 9.18 Å². The number of nitrogens with one attached hydrogen (secondary N) is 4. The van der Waals surface area contributed by atoms with Crippen LogP contribution in [-0.4, -0.2) is 41.7 Å². The number of carbonyl (C=O) groups excluding carboxylic acids is 2. The van der Waals surface area contributed by atoms with Crippen molar-refractivity contribution in [1.82, 2.24) is 20.5 Å². The van der Waals surface area contributed by atoms with Gasteiger partial charge in [-0.05, 0) is 50.4 Å². The molecule has 2 aromatic rings. The van der Waals surface area contributed by atoms with E-state index in [0.717, 1.165) is 38.8 Å². The molecular formula is C20H24FN5O2. The van der Waals surface area contributed by atoms with Crippen molar-refractivity contribution in [1.29, 1.82) is 0 Å². The highest BCUT2D eigenvalue weighted by molar-refractivity contribution is 6.03. The average Bonchev–Trinajstić information content (AvgIpc) is 3.39. The number of hydrogen-bond donors (Lipinski definition) is 4. The van der Waals surface area contributed by atoms with Crippen LogP contribution in [0.5, 0.6) is 0 Å². The molecule has 2 fully saturated rings. The maximum atomic E-state index is 13.6. The summed E-state index contributed by atoms with van der Waals surface area (Å²) in [4.78, 5) is 25.1. The second-order valence-corrected chi connectivity index (χ2v) is 7.36. The summed E-state index contributed by atoms with van der Waals surface area (Å²) in [5, 5.41) is 11.9. The summed E-state index contributed by atoms with van der Waals surface area (Å²) in [6.45, 7) is 1.68. The molecule has 1 saturated heterocycles. The molecule has 8 heteroatoms. The summed E-state index contributed by atoms with van der Waals surface area (Å²) in [5.74, 6) is -0.628. The number of nitrogens with zero attached hydrogens (tertiary/aromatic N) is 1. The van der Waals surface area contributed by atoms with Crippen molar-refractivity contribution in [3.8, 4) is 5.69 Å². The van der Waals surface area contributed by atoms with Crippen molar-refractivity contribution in [3.05, 3.63) is 48.0 Å². The van der Waals surface area contributed by atoms with Crippen molar-refractivity contribution in [2.45, 2.75) is 37.8 Å². The van der Waals surface area contributed by atoms with Gasteiger partial charge in [-0.2, -0.15) is 0 Å². The maximum absolute atomic E-state index is 13.6. The van der Waals surface area contributed by atoms with E-state index in [1.54, 1.807) is 29.1 Å². The zero-order valence-electron chi connectivity index (χ0n) is 15.5. The molecule has 0 unspecified atom stereocenters. The number of halogens is 1. The third-order valence-electron chi connectivity index (χ3n) is 4.97. The standard InChI is InChI=1S/C20H24FN5O2/c21-13-3-1-5-16(9-13)26-11-17(19(27)23-15-4-2-8-22-10-15)18(12-26)25-20(28)24-14-6-7-14/h1,3,5,9,11-12,14-15,22H,2,4,6-8,10H2,(H,23,27)(H2,24,25,28)/t15-/m0/s1. The van der Waals surface area contributed by atoms with Gasteiger partial charge in [-0.1, -0.05) is 6.07 Å². The molecule has 1 aliphatic carbocycles. The predicted molar refractivity (Wildman–Crippen MR) is 104 cm³/mol. The highest BCUT2D eigenvalue weighted by Crippen LogP contribution is 2.23. The summed E-state index contributed by atoms with van der Waals surface area (Å²) in [6, 6.07) is 5.99. The lowest BCUT2D eigenvalue weighted by Gasteiger charge is -2.23. The lowest BCUT2D eigenvalue weighted by Crippen LogP contribution is -2.45. The molecule has 4 N–H and O–H groups in total. The van der Waals surface area contributed by atoms with Crippen LogP contribution in [0.4, 0.5) is 14.9 Å². The fraction of sp³-hybridized carbons (Fsp3) is 0.400. The van der Waals surface area contributed by atoms with E-state index in [4.69, 9.17) is 0 Å². The summed E-state index contributed by atoms with van der Waals surface area (Å²) in [6.07, 6.45) is 7.11. The number of hydrogen-bond acceptors (Lipinski definition) is 3. The Morgan fingerprint density at radius 1 is 1.11 bits per heavy atom. The molecule has 0 bridgehead atoms. The van der Waals surface area contributed by atoms with Crippen LogP contribution in [0.1, 0.15) is 36.0 Å². The fourth-order valence-corrected chi connectivity index (χ4v) is 3.33. The predicted octanol–water partition coefficient (Wildman–Crippen LogP) is 2.38. The van der Waals surface area contributed by atoms with E-state index in [-0.39, 0.29) is 29.8 Å². The molecular weight excluding hydrogens is 361 g/mol. The molecule has 3 amide bonds. The second kappa shape index (κ2) is 8.02. The van der Waals surface area contributed by atoms with Gasteiger partial charge in [0.05, 0.1) is 11.3 Å². The van der Waals surface area contributed by atoms with E-state index in [2.05, 4.69) is 21.3 Å². The van der Waals surface area contributed by atoms with Crippen LogP contribution in [0, 0.1) is 5.82 Å². The third-order valence-corrected chi connectivity index (χ3v) is 4.97. The maximum Gasteiger partial charge on any atom is 0.319 e. The van der Waals surface area contributed by atoms with Crippen molar-refractivity contribution in [3.63, 3.8) is 0 Å². The average molecular weight is 385 g/mol. The normalized spacial score (nSPS) is 19.1. The minimum atomic E-state index is -0.369. The quantitative estimate of drug-likeness (QED) is 0.637. The largest absolute Gasteiger partial charge is 0.348 e. The molecule has 1 aromatic carbocycles. The second-order valence-electron chi connectivity index (χ2n) is 7.36. The van der Waals surface area contributed by atoms with E-state index in [1.807, 2.05) is 0 Å². The van der Waals surface area contributed by atoms with Crippen molar-refractivity contribution >= 4 is 17.6 Å². The topological polar surface area (TPSA) is 87.2 Å². The van der Waals surface area contributed by atoms with Crippen molar-refractivity contribution in [2.75, 3.05) is 18.4 Å². The lowest BCUT2D eigenvalue weighted by molar-refractivity contribution is 0.0931. The number of urea groups is 1. The summed E-state index contributed by atoms with van der Waals surface area (Å²) in [7, 11) is 0. The van der Waals surface area contributed by atoms with Crippen LogP contribution < -0.4 is 21.3 Å². The number of rotatable bonds is 5. The molecule has 148 valence electrons. The lowest BCUT2D eigenvalue weighted by atomic mass is 10.1. The minimum absolute atomic E-state index is 0.0481. The van der Waals surface area contributed by atoms with Crippen molar-refractivity contribution < 1.29 is 14.0 Å². The molecule has 1 saturated carbocycles. The third kappa shape index (κ3) is 4.51. The molecule has 0 spiro atoms. The Kier molecular flexibility index (Phi) is 5.29. The van der Waals surface area contributed by atoms with Gasteiger partial charge in [0, 0.05) is 36.7 Å². The van der Waals surface area contributed by atoms with Gasteiger partial charge < -0.3 is 25.8 Å². The van der Waals surface area contributed by atoms with Crippen LogP contribution in [-0.2, 0) is 0 Å². The van der Waals surface area contributed by atoms with Crippen LogP contribution in [0.25, 0.3) is 5.69 Å². The molecule has 1 atom stereocenters. The van der Waals surface area contributed by atoms with Gasteiger partial charge in [0.25, 0.3) is 5.91 Å². The Balaban J connectivity index is 1.57. The number of anilines is 1. The Morgan fingerprint density at radius 3 is 2.68 bits per heavy atom. The van der Waals surface area contributed by atoms with Crippen LogP contribution in [0.2, 0.25) is 0 Å². The number of carbonyl (C=O) groups is 2. The Labute approximate surface area is 162 Å². The molecule has 4 rings (SSSR count). The molecule has 7 nitrogen and oxygen atoms in total. The van der Waals surface area contributed by atoms with Gasteiger partial charge >= 0.3 is 6.03 Å². The molecule has 2 aliphatic rings. The van der Waals surface area contributed by atoms with E-state index >= 15 is 0 Å². The highest BCUT2D eigenvalue weighted by atomic mass is 19.1. The van der Waals surface area contributed by atoms with Crippen LogP contribution in [0.15, 0.2) is 36.7 Å². The zero-order chi connectivity index (χ0) is 19.5. The van der Waals surface area contributed by atoms with Crippen molar-refractivity contribution in [2.24, 2.45) is 0 Å². The summed E-state index contributed by atoms with van der Waals surface area (Å²) >= 11 is 0. The van der Waals surface area contributed by atoms with Gasteiger partial charge in [0.1, 0.15) is 5.82 Å². The monoisotopic (exact) mass is 385 g/mol. The van der Waals surface area contributed by atoms with Crippen LogP contribution >= 0.6 is 0 Å². The number of amides is 3. The molecule has 28 heavy (non-hydrogen) atoms. The Morgan fingerprint density at radius 2 is 1.96 bits per heavy atom. The molecule has 1 aliphatic heterocycles. The smallest absolute Gasteiger partial charge is 0.319 e. The Hall–Kier alpha value is -2.87.